The molecule has 26 heavy (non-hydrogen) atoms. The van der Waals surface area contributed by atoms with E-state index in [1.807, 2.05) is 31.2 Å². The Balaban J connectivity index is 2.23. The lowest BCUT2D eigenvalue weighted by Gasteiger charge is -2.30. The third-order valence-electron chi connectivity index (χ3n) is 3.96. The number of hydrogen-bond donors (Lipinski definition) is 1. The van der Waals surface area contributed by atoms with E-state index in [-0.39, 0.29) is 12.1 Å². The smallest absolute Gasteiger partial charge is 0.244 e. The molecule has 0 radical (unpaired) electrons. The number of halogens is 1. The molecule has 2 aromatic rings. The van der Waals surface area contributed by atoms with E-state index in [2.05, 4.69) is 5.32 Å². The van der Waals surface area contributed by atoms with Crippen LogP contribution in [-0.2, 0) is 21.4 Å². The van der Waals surface area contributed by atoms with Crippen LogP contribution in [-0.4, -0.2) is 26.6 Å². The van der Waals surface area contributed by atoms with Crippen LogP contribution in [0.15, 0.2) is 48.5 Å². The Morgan fingerprint density at radius 3 is 2.38 bits per heavy atom. The molecule has 7 heteroatoms. The maximum absolute atomic E-state index is 13.2. The van der Waals surface area contributed by atoms with Gasteiger partial charge in [-0.25, -0.2) is 12.8 Å². The van der Waals surface area contributed by atoms with Crippen molar-refractivity contribution in [2.24, 2.45) is 0 Å². The molecule has 0 aliphatic carbocycles. The van der Waals surface area contributed by atoms with Gasteiger partial charge in [0, 0.05) is 6.54 Å². The Labute approximate surface area is 153 Å². The number of rotatable bonds is 7. The van der Waals surface area contributed by atoms with Crippen LogP contribution in [0.2, 0.25) is 0 Å². The normalized spacial score (nSPS) is 12.5. The minimum atomic E-state index is -3.73. The van der Waals surface area contributed by atoms with Gasteiger partial charge in [0.1, 0.15) is 11.9 Å². The molecule has 0 bridgehead atoms. The molecule has 0 fully saturated rings. The summed E-state index contributed by atoms with van der Waals surface area (Å²) in [5.41, 5.74) is 2.26. The number of nitrogens with one attached hydrogen (secondary N) is 1. The molecule has 0 aliphatic rings. The van der Waals surface area contributed by atoms with Gasteiger partial charge in [0.2, 0.25) is 15.9 Å². The lowest BCUT2D eigenvalue weighted by atomic mass is 10.1. The summed E-state index contributed by atoms with van der Waals surface area (Å²) in [4.78, 5) is 12.7. The van der Waals surface area contributed by atoms with Gasteiger partial charge in [-0.3, -0.25) is 9.10 Å². The first kappa shape index (κ1) is 19.9. The average molecular weight is 378 g/mol. The van der Waals surface area contributed by atoms with Gasteiger partial charge in [-0.1, -0.05) is 36.8 Å². The van der Waals surface area contributed by atoms with Crippen molar-refractivity contribution in [1.29, 1.82) is 0 Å². The summed E-state index contributed by atoms with van der Waals surface area (Å²) < 4.78 is 38.8. The highest BCUT2D eigenvalue weighted by atomic mass is 32.2. The minimum Gasteiger partial charge on any atom is -0.350 e. The molecule has 1 atom stereocenters. The zero-order chi connectivity index (χ0) is 19.3. The van der Waals surface area contributed by atoms with Gasteiger partial charge in [0.15, 0.2) is 0 Å². The number of aryl methyl sites for hydroxylation is 1. The van der Waals surface area contributed by atoms with Gasteiger partial charge in [-0.15, -0.1) is 0 Å². The standard InChI is InChI=1S/C19H23FN2O3S/c1-4-18(19(23)21-13-15-7-5-6-14(2)12-15)22(26(3,24)25)17-10-8-16(20)9-11-17/h5-12,18H,4,13H2,1-3H3,(H,21,23)/t18-/m1/s1. The number of benzene rings is 2. The Morgan fingerprint density at radius 1 is 1.19 bits per heavy atom. The van der Waals surface area contributed by atoms with Crippen LogP contribution in [0.3, 0.4) is 0 Å². The van der Waals surface area contributed by atoms with Crippen molar-refractivity contribution in [1.82, 2.24) is 5.32 Å². The Hall–Kier alpha value is -2.41. The average Bonchev–Trinajstić information content (AvgIpc) is 2.57. The summed E-state index contributed by atoms with van der Waals surface area (Å²) in [7, 11) is -3.73. The Kier molecular flexibility index (Phi) is 6.37. The van der Waals surface area contributed by atoms with Crippen molar-refractivity contribution in [3.63, 3.8) is 0 Å². The molecule has 0 saturated carbocycles. The predicted octanol–water partition coefficient (Wildman–Crippen LogP) is 3.00. The van der Waals surface area contributed by atoms with E-state index in [4.69, 9.17) is 0 Å². The van der Waals surface area contributed by atoms with Gasteiger partial charge in [0.25, 0.3) is 0 Å². The number of amides is 1. The molecule has 1 amide bonds. The molecular weight excluding hydrogens is 355 g/mol. The Bertz CT molecular complexity index is 867. The zero-order valence-corrected chi connectivity index (χ0v) is 15.9. The first-order valence-corrected chi connectivity index (χ1v) is 10.2. The highest BCUT2D eigenvalue weighted by Gasteiger charge is 2.31. The predicted molar refractivity (Wildman–Crippen MR) is 101 cm³/mol. The molecule has 2 aromatic carbocycles. The largest absolute Gasteiger partial charge is 0.350 e. The zero-order valence-electron chi connectivity index (χ0n) is 15.1. The van der Waals surface area contributed by atoms with Gasteiger partial charge in [-0.2, -0.15) is 0 Å². The second kappa shape index (κ2) is 8.31. The van der Waals surface area contributed by atoms with E-state index in [0.717, 1.165) is 21.7 Å². The lowest BCUT2D eigenvalue weighted by molar-refractivity contribution is -0.122. The highest BCUT2D eigenvalue weighted by Crippen LogP contribution is 2.23. The summed E-state index contributed by atoms with van der Waals surface area (Å²) in [5, 5.41) is 2.79. The van der Waals surface area contributed by atoms with E-state index < -0.39 is 27.8 Å². The van der Waals surface area contributed by atoms with Crippen molar-refractivity contribution < 1.29 is 17.6 Å². The fraction of sp³-hybridized carbons (Fsp3) is 0.316. The number of anilines is 1. The molecule has 0 aromatic heterocycles. The molecule has 0 aliphatic heterocycles. The van der Waals surface area contributed by atoms with Crippen molar-refractivity contribution in [2.45, 2.75) is 32.9 Å². The number of nitrogens with zero attached hydrogens (tertiary/aromatic N) is 1. The number of hydrogen-bond acceptors (Lipinski definition) is 3. The topological polar surface area (TPSA) is 66.5 Å². The number of carbonyl (C=O) groups is 1. The summed E-state index contributed by atoms with van der Waals surface area (Å²) >= 11 is 0. The van der Waals surface area contributed by atoms with E-state index in [9.17, 15) is 17.6 Å². The van der Waals surface area contributed by atoms with E-state index in [0.29, 0.717) is 6.54 Å². The molecule has 2 rings (SSSR count). The summed E-state index contributed by atoms with van der Waals surface area (Å²) in [6, 6.07) is 11.8. The first-order chi connectivity index (χ1) is 12.2. The molecule has 0 unspecified atom stereocenters. The van der Waals surface area contributed by atoms with Crippen molar-refractivity contribution >= 4 is 21.6 Å². The van der Waals surface area contributed by atoms with Crippen LogP contribution in [0.4, 0.5) is 10.1 Å². The highest BCUT2D eigenvalue weighted by molar-refractivity contribution is 7.92. The molecule has 0 saturated heterocycles. The van der Waals surface area contributed by atoms with Crippen LogP contribution in [0.5, 0.6) is 0 Å². The van der Waals surface area contributed by atoms with Crippen molar-refractivity contribution in [2.75, 3.05) is 10.6 Å². The van der Waals surface area contributed by atoms with Crippen LogP contribution < -0.4 is 9.62 Å². The van der Waals surface area contributed by atoms with E-state index in [1.54, 1.807) is 6.92 Å². The monoisotopic (exact) mass is 378 g/mol. The van der Waals surface area contributed by atoms with Gasteiger partial charge in [0.05, 0.1) is 11.9 Å². The van der Waals surface area contributed by atoms with Gasteiger partial charge in [-0.05, 0) is 43.2 Å². The second-order valence-electron chi connectivity index (χ2n) is 6.17. The molecular formula is C19H23FN2O3S. The van der Waals surface area contributed by atoms with Crippen molar-refractivity contribution in [3.8, 4) is 0 Å². The summed E-state index contributed by atoms with van der Waals surface area (Å²) in [6.45, 7) is 4.00. The SMILES string of the molecule is CC[C@H](C(=O)NCc1cccc(C)c1)N(c1ccc(F)cc1)S(C)(=O)=O. The van der Waals surface area contributed by atoms with Crippen LogP contribution in [0.25, 0.3) is 0 Å². The summed E-state index contributed by atoms with van der Waals surface area (Å²) in [5.74, 6) is -0.872. The van der Waals surface area contributed by atoms with Crippen LogP contribution in [0.1, 0.15) is 24.5 Å². The molecule has 0 heterocycles. The third-order valence-corrected chi connectivity index (χ3v) is 5.14. The number of sulfonamides is 1. The van der Waals surface area contributed by atoms with Crippen molar-refractivity contribution in [3.05, 3.63) is 65.5 Å². The molecule has 1 N–H and O–H groups in total. The van der Waals surface area contributed by atoms with Gasteiger partial charge >= 0.3 is 0 Å². The minimum absolute atomic E-state index is 0.256. The fourth-order valence-electron chi connectivity index (χ4n) is 2.78. The second-order valence-corrected chi connectivity index (χ2v) is 8.03. The first-order valence-electron chi connectivity index (χ1n) is 8.30. The van der Waals surface area contributed by atoms with E-state index >= 15 is 0 Å². The fourth-order valence-corrected chi connectivity index (χ4v) is 3.99. The molecule has 0 spiro atoms. The molecule has 5 nitrogen and oxygen atoms in total. The maximum Gasteiger partial charge on any atom is 0.244 e. The van der Waals surface area contributed by atoms with E-state index in [1.165, 1.54) is 24.3 Å². The third kappa shape index (κ3) is 5.05. The van der Waals surface area contributed by atoms with Crippen LogP contribution in [0, 0.1) is 12.7 Å². The lowest BCUT2D eigenvalue weighted by Crippen LogP contribution is -2.49. The molecule has 140 valence electrons. The van der Waals surface area contributed by atoms with Gasteiger partial charge < -0.3 is 5.32 Å². The quantitative estimate of drug-likeness (QED) is 0.805. The number of carbonyl (C=O) groups excluding carboxylic acids is 1. The summed E-state index contributed by atoms with van der Waals surface area (Å²) in [6.07, 6.45) is 1.32. The maximum atomic E-state index is 13.2. The van der Waals surface area contributed by atoms with Crippen LogP contribution >= 0.6 is 0 Å². The Morgan fingerprint density at radius 2 is 1.85 bits per heavy atom.